The van der Waals surface area contributed by atoms with Gasteiger partial charge in [0.05, 0.1) is 6.54 Å². The van der Waals surface area contributed by atoms with E-state index in [0.29, 0.717) is 23.4 Å². The second-order valence-electron chi connectivity index (χ2n) is 7.73. The summed E-state index contributed by atoms with van der Waals surface area (Å²) in [5.74, 6) is -0.459. The fourth-order valence-electron chi connectivity index (χ4n) is 3.64. The van der Waals surface area contributed by atoms with Gasteiger partial charge in [0.1, 0.15) is 0 Å². The molecule has 1 fully saturated rings. The van der Waals surface area contributed by atoms with E-state index in [1.165, 1.54) is 19.3 Å². The summed E-state index contributed by atoms with van der Waals surface area (Å²) in [5, 5.41) is 11.7. The van der Waals surface area contributed by atoms with E-state index in [0.717, 1.165) is 18.5 Å². The molecule has 31 heavy (non-hydrogen) atoms. The Morgan fingerprint density at radius 1 is 0.871 bits per heavy atom. The molecule has 0 saturated heterocycles. The third-order valence-electron chi connectivity index (χ3n) is 5.29. The largest absolute Gasteiger partial charge is 0.376 e. The standard InChI is InChI=1S/C24H30N4O3/c1-2-25-23(30)18-7-6-10-21(15-18)27-22(29)16-26-19-13-11-17(12-14-19)24(31)28-20-8-4-3-5-9-20/h6-7,10-15,20,26H,2-5,8-9,16H2,1H3,(H,25,30)(H,27,29)(H,28,31). The van der Waals surface area contributed by atoms with E-state index in [-0.39, 0.29) is 30.3 Å². The molecule has 2 aromatic rings. The number of rotatable bonds is 8. The molecule has 0 radical (unpaired) electrons. The molecule has 3 rings (SSSR count). The Bertz CT molecular complexity index is 905. The number of carbonyl (C=O) groups is 3. The zero-order chi connectivity index (χ0) is 22.1. The maximum Gasteiger partial charge on any atom is 0.251 e. The molecule has 7 nitrogen and oxygen atoms in total. The monoisotopic (exact) mass is 422 g/mol. The van der Waals surface area contributed by atoms with Crippen LogP contribution in [0.25, 0.3) is 0 Å². The third-order valence-corrected chi connectivity index (χ3v) is 5.29. The van der Waals surface area contributed by atoms with Gasteiger partial charge in [-0.25, -0.2) is 0 Å². The van der Waals surface area contributed by atoms with Gasteiger partial charge in [-0.05, 0) is 62.2 Å². The van der Waals surface area contributed by atoms with Gasteiger partial charge in [-0.2, -0.15) is 0 Å². The van der Waals surface area contributed by atoms with Crippen molar-refractivity contribution >= 4 is 29.1 Å². The van der Waals surface area contributed by atoms with E-state index in [1.54, 1.807) is 48.5 Å². The summed E-state index contributed by atoms with van der Waals surface area (Å²) in [6.07, 6.45) is 5.69. The fourth-order valence-corrected chi connectivity index (χ4v) is 3.64. The summed E-state index contributed by atoms with van der Waals surface area (Å²) in [4.78, 5) is 36.6. The van der Waals surface area contributed by atoms with E-state index in [9.17, 15) is 14.4 Å². The van der Waals surface area contributed by atoms with Crippen LogP contribution in [0.5, 0.6) is 0 Å². The summed E-state index contributed by atoms with van der Waals surface area (Å²) in [6, 6.07) is 14.2. The van der Waals surface area contributed by atoms with Crippen LogP contribution in [-0.4, -0.2) is 36.9 Å². The molecule has 1 aliphatic rings. The number of amides is 3. The van der Waals surface area contributed by atoms with Crippen molar-refractivity contribution < 1.29 is 14.4 Å². The van der Waals surface area contributed by atoms with Crippen molar-refractivity contribution in [3.63, 3.8) is 0 Å². The van der Waals surface area contributed by atoms with Crippen LogP contribution in [0.4, 0.5) is 11.4 Å². The Balaban J connectivity index is 1.47. The number of benzene rings is 2. The van der Waals surface area contributed by atoms with Gasteiger partial charge in [-0.15, -0.1) is 0 Å². The Kier molecular flexibility index (Phi) is 8.04. The van der Waals surface area contributed by atoms with Crippen LogP contribution >= 0.6 is 0 Å². The van der Waals surface area contributed by atoms with Crippen LogP contribution in [0.3, 0.4) is 0 Å². The first-order valence-electron chi connectivity index (χ1n) is 10.9. The molecular weight excluding hydrogens is 392 g/mol. The van der Waals surface area contributed by atoms with Gasteiger partial charge < -0.3 is 21.3 Å². The van der Waals surface area contributed by atoms with Gasteiger partial charge in [0.15, 0.2) is 0 Å². The smallest absolute Gasteiger partial charge is 0.251 e. The van der Waals surface area contributed by atoms with Crippen LogP contribution in [0.2, 0.25) is 0 Å². The van der Waals surface area contributed by atoms with Gasteiger partial charge in [0.2, 0.25) is 5.91 Å². The molecule has 7 heteroatoms. The van der Waals surface area contributed by atoms with Crippen molar-refractivity contribution in [1.29, 1.82) is 0 Å². The van der Waals surface area contributed by atoms with Gasteiger partial charge in [-0.1, -0.05) is 25.3 Å². The molecule has 0 aromatic heterocycles. The lowest BCUT2D eigenvalue weighted by Gasteiger charge is -2.22. The van der Waals surface area contributed by atoms with Crippen LogP contribution < -0.4 is 21.3 Å². The second kappa shape index (κ2) is 11.2. The SMILES string of the molecule is CCNC(=O)c1cccc(NC(=O)CNc2ccc(C(=O)NC3CCCCC3)cc2)c1. The molecule has 1 aliphatic carbocycles. The van der Waals surface area contributed by atoms with Gasteiger partial charge in [0.25, 0.3) is 11.8 Å². The first-order chi connectivity index (χ1) is 15.0. The van der Waals surface area contributed by atoms with E-state index >= 15 is 0 Å². The number of anilines is 2. The summed E-state index contributed by atoms with van der Waals surface area (Å²) in [5.41, 5.74) is 2.42. The van der Waals surface area contributed by atoms with E-state index in [1.807, 2.05) is 6.92 Å². The first-order valence-corrected chi connectivity index (χ1v) is 10.9. The molecule has 2 aromatic carbocycles. The zero-order valence-corrected chi connectivity index (χ0v) is 17.9. The summed E-state index contributed by atoms with van der Waals surface area (Å²) in [7, 11) is 0. The summed E-state index contributed by atoms with van der Waals surface area (Å²) < 4.78 is 0. The lowest BCUT2D eigenvalue weighted by Crippen LogP contribution is -2.36. The maximum atomic E-state index is 12.4. The minimum absolute atomic E-state index is 0.0526. The summed E-state index contributed by atoms with van der Waals surface area (Å²) in [6.45, 7) is 2.46. The molecule has 0 bridgehead atoms. The Morgan fingerprint density at radius 2 is 1.61 bits per heavy atom. The van der Waals surface area contributed by atoms with Crippen LogP contribution in [-0.2, 0) is 4.79 Å². The van der Waals surface area contributed by atoms with E-state index in [4.69, 9.17) is 0 Å². The number of hydrogen-bond donors (Lipinski definition) is 4. The topological polar surface area (TPSA) is 99.3 Å². The predicted octanol–water partition coefficient (Wildman–Crippen LogP) is 3.55. The van der Waals surface area contributed by atoms with Crippen molar-refractivity contribution in [1.82, 2.24) is 10.6 Å². The summed E-state index contributed by atoms with van der Waals surface area (Å²) >= 11 is 0. The number of carbonyl (C=O) groups excluding carboxylic acids is 3. The van der Waals surface area contributed by atoms with Crippen molar-refractivity contribution in [2.75, 3.05) is 23.7 Å². The highest BCUT2D eigenvalue weighted by Gasteiger charge is 2.16. The van der Waals surface area contributed by atoms with Crippen molar-refractivity contribution in [2.24, 2.45) is 0 Å². The van der Waals surface area contributed by atoms with Crippen molar-refractivity contribution in [3.05, 3.63) is 59.7 Å². The normalized spacial score (nSPS) is 13.8. The highest BCUT2D eigenvalue weighted by Crippen LogP contribution is 2.18. The third kappa shape index (κ3) is 6.84. The maximum absolute atomic E-state index is 12.4. The highest BCUT2D eigenvalue weighted by atomic mass is 16.2. The molecule has 0 unspecified atom stereocenters. The highest BCUT2D eigenvalue weighted by molar-refractivity contribution is 5.98. The second-order valence-corrected chi connectivity index (χ2v) is 7.73. The van der Waals surface area contributed by atoms with Crippen molar-refractivity contribution in [3.8, 4) is 0 Å². The van der Waals surface area contributed by atoms with Crippen LogP contribution in [0.15, 0.2) is 48.5 Å². The fraction of sp³-hybridized carbons (Fsp3) is 0.375. The average Bonchev–Trinajstić information content (AvgIpc) is 2.79. The van der Waals surface area contributed by atoms with E-state index in [2.05, 4.69) is 21.3 Å². The lowest BCUT2D eigenvalue weighted by molar-refractivity contribution is -0.114. The molecule has 0 heterocycles. The first kappa shape index (κ1) is 22.3. The molecule has 0 aliphatic heterocycles. The molecular formula is C24H30N4O3. The molecule has 0 spiro atoms. The van der Waals surface area contributed by atoms with Crippen molar-refractivity contribution in [2.45, 2.75) is 45.1 Å². The Hall–Kier alpha value is -3.35. The Morgan fingerprint density at radius 3 is 2.32 bits per heavy atom. The quantitative estimate of drug-likeness (QED) is 0.523. The van der Waals surface area contributed by atoms with Crippen LogP contribution in [0, 0.1) is 0 Å². The van der Waals surface area contributed by atoms with E-state index < -0.39 is 0 Å². The van der Waals surface area contributed by atoms with Gasteiger partial charge >= 0.3 is 0 Å². The minimum atomic E-state index is -0.229. The lowest BCUT2D eigenvalue weighted by atomic mass is 9.95. The van der Waals surface area contributed by atoms with Gasteiger partial charge in [-0.3, -0.25) is 14.4 Å². The van der Waals surface area contributed by atoms with Crippen LogP contribution in [0.1, 0.15) is 59.7 Å². The Labute approximate surface area is 183 Å². The number of nitrogens with one attached hydrogen (secondary N) is 4. The molecule has 0 atom stereocenters. The minimum Gasteiger partial charge on any atom is -0.376 e. The average molecular weight is 423 g/mol. The van der Waals surface area contributed by atoms with Gasteiger partial charge in [0, 0.05) is 35.1 Å². The molecule has 3 amide bonds. The molecule has 1 saturated carbocycles. The molecule has 164 valence electrons. The zero-order valence-electron chi connectivity index (χ0n) is 17.9. The molecule has 4 N–H and O–H groups in total. The predicted molar refractivity (Wildman–Crippen MR) is 122 cm³/mol. The number of hydrogen-bond acceptors (Lipinski definition) is 4.